The van der Waals surface area contributed by atoms with Gasteiger partial charge in [0.2, 0.25) is 5.91 Å². The fraction of sp³-hybridized carbons (Fsp3) is 0.588. The van der Waals surface area contributed by atoms with Crippen LogP contribution in [0.25, 0.3) is 0 Å². The predicted octanol–water partition coefficient (Wildman–Crippen LogP) is 3.32. The lowest BCUT2D eigenvalue weighted by atomic mass is 9.86. The number of carbonyl (C=O) groups excluding carboxylic acids is 1. The molecule has 1 aliphatic carbocycles. The first kappa shape index (κ1) is 14.9. The highest BCUT2D eigenvalue weighted by Gasteiger charge is 2.22. The summed E-state index contributed by atoms with van der Waals surface area (Å²) in [6.45, 7) is 2.24. The van der Waals surface area contributed by atoms with E-state index in [0.717, 1.165) is 18.6 Å². The zero-order chi connectivity index (χ0) is 14.4. The van der Waals surface area contributed by atoms with Crippen molar-refractivity contribution >= 4 is 5.91 Å². The van der Waals surface area contributed by atoms with E-state index in [2.05, 4.69) is 12.2 Å². The quantitative estimate of drug-likeness (QED) is 0.895. The molecule has 0 spiro atoms. The van der Waals surface area contributed by atoms with Gasteiger partial charge < -0.3 is 10.1 Å². The van der Waals surface area contributed by atoms with Crippen molar-refractivity contribution in [3.8, 4) is 5.75 Å². The first-order chi connectivity index (χ1) is 9.69. The average Bonchev–Trinajstić information content (AvgIpc) is 2.48. The Hall–Kier alpha value is -1.51. The Morgan fingerprint density at radius 3 is 2.60 bits per heavy atom. The Bertz CT molecular complexity index is 427. The van der Waals surface area contributed by atoms with Crippen LogP contribution in [0.4, 0.5) is 0 Å². The van der Waals surface area contributed by atoms with Gasteiger partial charge in [0.1, 0.15) is 5.75 Å². The third-order valence-electron chi connectivity index (χ3n) is 4.26. The lowest BCUT2D eigenvalue weighted by Gasteiger charge is -2.29. The van der Waals surface area contributed by atoms with Crippen LogP contribution in [0.15, 0.2) is 24.3 Å². The summed E-state index contributed by atoms with van der Waals surface area (Å²) in [6, 6.07) is 8.31. The maximum atomic E-state index is 12.0. The molecule has 1 N–H and O–H groups in total. The van der Waals surface area contributed by atoms with E-state index in [9.17, 15) is 4.79 Å². The number of aryl methyl sites for hydroxylation is 1. The molecule has 0 saturated heterocycles. The normalized spacial score (nSPS) is 22.3. The SMILES string of the molecule is COc1ccc(CCC(=O)N[C@H]2CCCC[C@@H]2C)cc1. The number of carbonyl (C=O) groups is 1. The molecule has 3 nitrogen and oxygen atoms in total. The number of ether oxygens (including phenoxy) is 1. The minimum absolute atomic E-state index is 0.180. The second kappa shape index (κ2) is 7.32. The minimum Gasteiger partial charge on any atom is -0.497 e. The number of nitrogens with one attached hydrogen (secondary N) is 1. The molecule has 1 aliphatic rings. The van der Waals surface area contributed by atoms with Gasteiger partial charge in [0, 0.05) is 12.5 Å². The highest BCUT2D eigenvalue weighted by atomic mass is 16.5. The Labute approximate surface area is 121 Å². The first-order valence-electron chi connectivity index (χ1n) is 7.61. The van der Waals surface area contributed by atoms with Crippen LogP contribution in [0.2, 0.25) is 0 Å². The fourth-order valence-electron chi connectivity index (χ4n) is 2.86. The number of benzene rings is 1. The Morgan fingerprint density at radius 1 is 1.25 bits per heavy atom. The molecule has 1 amide bonds. The highest BCUT2D eigenvalue weighted by molar-refractivity contribution is 5.76. The first-order valence-corrected chi connectivity index (χ1v) is 7.61. The van der Waals surface area contributed by atoms with Crippen molar-refractivity contribution < 1.29 is 9.53 Å². The zero-order valence-corrected chi connectivity index (χ0v) is 12.5. The smallest absolute Gasteiger partial charge is 0.220 e. The summed E-state index contributed by atoms with van der Waals surface area (Å²) >= 11 is 0. The molecule has 1 aromatic rings. The predicted molar refractivity (Wildman–Crippen MR) is 80.9 cm³/mol. The van der Waals surface area contributed by atoms with Crippen molar-refractivity contribution in [3.05, 3.63) is 29.8 Å². The van der Waals surface area contributed by atoms with Crippen LogP contribution in [-0.4, -0.2) is 19.1 Å². The molecular formula is C17H25NO2. The summed E-state index contributed by atoms with van der Waals surface area (Å²) < 4.78 is 5.13. The third kappa shape index (κ3) is 4.26. The third-order valence-corrected chi connectivity index (χ3v) is 4.26. The van der Waals surface area contributed by atoms with Gasteiger partial charge in [0.25, 0.3) is 0 Å². The van der Waals surface area contributed by atoms with Crippen LogP contribution in [0.3, 0.4) is 0 Å². The van der Waals surface area contributed by atoms with Gasteiger partial charge in [0.15, 0.2) is 0 Å². The number of hydrogen-bond donors (Lipinski definition) is 1. The topological polar surface area (TPSA) is 38.3 Å². The van der Waals surface area contributed by atoms with E-state index in [1.165, 1.54) is 24.8 Å². The molecular weight excluding hydrogens is 250 g/mol. The van der Waals surface area contributed by atoms with Crippen molar-refractivity contribution in [2.75, 3.05) is 7.11 Å². The van der Waals surface area contributed by atoms with Gasteiger partial charge in [-0.05, 0) is 42.9 Å². The summed E-state index contributed by atoms with van der Waals surface area (Å²) in [4.78, 5) is 12.0. The number of rotatable bonds is 5. The van der Waals surface area contributed by atoms with E-state index in [1.54, 1.807) is 7.11 Å². The summed E-state index contributed by atoms with van der Waals surface area (Å²) in [6.07, 6.45) is 6.28. The number of hydrogen-bond acceptors (Lipinski definition) is 2. The van der Waals surface area contributed by atoms with Gasteiger partial charge in [-0.3, -0.25) is 4.79 Å². The molecule has 0 aromatic heterocycles. The lowest BCUT2D eigenvalue weighted by Crippen LogP contribution is -2.41. The highest BCUT2D eigenvalue weighted by Crippen LogP contribution is 2.23. The van der Waals surface area contributed by atoms with Gasteiger partial charge in [-0.2, -0.15) is 0 Å². The van der Waals surface area contributed by atoms with Crippen LogP contribution >= 0.6 is 0 Å². The molecule has 1 fully saturated rings. The van der Waals surface area contributed by atoms with Gasteiger partial charge in [-0.25, -0.2) is 0 Å². The molecule has 1 saturated carbocycles. The zero-order valence-electron chi connectivity index (χ0n) is 12.5. The minimum atomic E-state index is 0.180. The lowest BCUT2D eigenvalue weighted by molar-refractivity contribution is -0.122. The molecule has 0 bridgehead atoms. The van der Waals surface area contributed by atoms with Crippen molar-refractivity contribution in [2.24, 2.45) is 5.92 Å². The Morgan fingerprint density at radius 2 is 1.95 bits per heavy atom. The largest absolute Gasteiger partial charge is 0.497 e. The van der Waals surface area contributed by atoms with Crippen LogP contribution < -0.4 is 10.1 Å². The number of methoxy groups -OCH3 is 1. The van der Waals surface area contributed by atoms with Crippen molar-refractivity contribution in [1.29, 1.82) is 0 Å². The van der Waals surface area contributed by atoms with Gasteiger partial charge in [-0.15, -0.1) is 0 Å². The van der Waals surface area contributed by atoms with E-state index in [1.807, 2.05) is 24.3 Å². The van der Waals surface area contributed by atoms with Crippen molar-refractivity contribution in [1.82, 2.24) is 5.32 Å². The van der Waals surface area contributed by atoms with Crippen LogP contribution in [-0.2, 0) is 11.2 Å². The van der Waals surface area contributed by atoms with Crippen molar-refractivity contribution in [2.45, 2.75) is 51.5 Å². The maximum Gasteiger partial charge on any atom is 0.220 e. The second-order valence-electron chi connectivity index (χ2n) is 5.78. The molecule has 110 valence electrons. The summed E-state index contributed by atoms with van der Waals surface area (Å²) in [7, 11) is 1.66. The summed E-state index contributed by atoms with van der Waals surface area (Å²) in [5.74, 6) is 1.66. The Kier molecular flexibility index (Phi) is 5.45. The summed E-state index contributed by atoms with van der Waals surface area (Å²) in [5, 5.41) is 3.20. The van der Waals surface area contributed by atoms with E-state index in [-0.39, 0.29) is 5.91 Å². The van der Waals surface area contributed by atoms with Gasteiger partial charge in [0.05, 0.1) is 7.11 Å². The maximum absolute atomic E-state index is 12.0. The van der Waals surface area contributed by atoms with E-state index < -0.39 is 0 Å². The standard InChI is InChI=1S/C17H25NO2/c1-13-5-3-4-6-16(13)18-17(19)12-9-14-7-10-15(20-2)11-8-14/h7-8,10-11,13,16H,3-6,9,12H2,1-2H3,(H,18,19)/t13-,16-/m0/s1. The van der Waals surface area contributed by atoms with Crippen LogP contribution in [0.5, 0.6) is 5.75 Å². The molecule has 0 unspecified atom stereocenters. The molecule has 20 heavy (non-hydrogen) atoms. The van der Waals surface area contributed by atoms with Gasteiger partial charge in [-0.1, -0.05) is 31.9 Å². The van der Waals surface area contributed by atoms with Crippen LogP contribution in [0, 0.1) is 5.92 Å². The van der Waals surface area contributed by atoms with E-state index in [4.69, 9.17) is 4.74 Å². The molecule has 1 aromatic carbocycles. The van der Waals surface area contributed by atoms with E-state index in [0.29, 0.717) is 18.4 Å². The number of amides is 1. The molecule has 0 aliphatic heterocycles. The van der Waals surface area contributed by atoms with E-state index >= 15 is 0 Å². The average molecular weight is 275 g/mol. The Balaban J connectivity index is 1.76. The summed E-state index contributed by atoms with van der Waals surface area (Å²) in [5.41, 5.74) is 1.18. The fourth-order valence-corrected chi connectivity index (χ4v) is 2.86. The van der Waals surface area contributed by atoms with Crippen LogP contribution in [0.1, 0.15) is 44.6 Å². The monoisotopic (exact) mass is 275 g/mol. The molecule has 2 rings (SSSR count). The van der Waals surface area contributed by atoms with Crippen molar-refractivity contribution in [3.63, 3.8) is 0 Å². The molecule has 2 atom stereocenters. The molecule has 3 heteroatoms. The second-order valence-corrected chi connectivity index (χ2v) is 5.78. The molecule has 0 radical (unpaired) electrons. The van der Waals surface area contributed by atoms with Gasteiger partial charge >= 0.3 is 0 Å². The molecule has 0 heterocycles.